The molecule has 20 heavy (non-hydrogen) atoms. The molecule has 1 N–H and O–H groups in total. The lowest BCUT2D eigenvalue weighted by molar-refractivity contribution is 0.399. The quantitative estimate of drug-likeness (QED) is 0.738. The fraction of sp³-hybridized carbons (Fsp3) is 0.368. The summed E-state index contributed by atoms with van der Waals surface area (Å²) in [5.74, 6) is 0. The van der Waals surface area contributed by atoms with Crippen molar-refractivity contribution in [2.24, 2.45) is 0 Å². The van der Waals surface area contributed by atoms with Crippen molar-refractivity contribution in [3.8, 4) is 11.1 Å². The molecule has 0 bridgehead atoms. The molecule has 0 spiro atoms. The maximum Gasteiger partial charge on any atom is 0.0107 e. The van der Waals surface area contributed by atoms with Gasteiger partial charge in [0.25, 0.3) is 0 Å². The zero-order valence-corrected chi connectivity index (χ0v) is 11.9. The molecule has 1 saturated heterocycles. The lowest BCUT2D eigenvalue weighted by Crippen LogP contribution is -2.35. The second-order valence-electron chi connectivity index (χ2n) is 6.18. The van der Waals surface area contributed by atoms with E-state index in [-0.39, 0.29) is 0 Å². The van der Waals surface area contributed by atoms with Crippen molar-refractivity contribution in [3.63, 3.8) is 0 Å². The SMILES string of the molecule is c1ccc2c(c1)Cc1cc(CC3CCCCN3)ccc1-2. The summed E-state index contributed by atoms with van der Waals surface area (Å²) < 4.78 is 0. The smallest absolute Gasteiger partial charge is 0.0107 e. The van der Waals surface area contributed by atoms with Crippen LogP contribution in [0, 0.1) is 0 Å². The number of benzene rings is 2. The van der Waals surface area contributed by atoms with Gasteiger partial charge in [0, 0.05) is 6.04 Å². The third-order valence-electron chi connectivity index (χ3n) is 4.75. The van der Waals surface area contributed by atoms with E-state index < -0.39 is 0 Å². The summed E-state index contributed by atoms with van der Waals surface area (Å²) in [4.78, 5) is 0. The molecule has 0 amide bonds. The van der Waals surface area contributed by atoms with Gasteiger partial charge in [-0.15, -0.1) is 0 Å². The van der Waals surface area contributed by atoms with Gasteiger partial charge in [0.05, 0.1) is 0 Å². The van der Waals surface area contributed by atoms with Crippen LogP contribution in [-0.2, 0) is 12.8 Å². The van der Waals surface area contributed by atoms with Crippen molar-refractivity contribution in [3.05, 3.63) is 59.2 Å². The number of nitrogens with one attached hydrogen (secondary N) is 1. The van der Waals surface area contributed by atoms with Crippen molar-refractivity contribution in [2.75, 3.05) is 6.54 Å². The Morgan fingerprint density at radius 1 is 0.950 bits per heavy atom. The Hall–Kier alpha value is -1.60. The average molecular weight is 263 g/mol. The first-order valence-electron chi connectivity index (χ1n) is 7.83. The van der Waals surface area contributed by atoms with Crippen molar-refractivity contribution in [1.82, 2.24) is 5.32 Å². The summed E-state index contributed by atoms with van der Waals surface area (Å²) in [5.41, 5.74) is 7.37. The summed E-state index contributed by atoms with van der Waals surface area (Å²) >= 11 is 0. The summed E-state index contributed by atoms with van der Waals surface area (Å²) in [7, 11) is 0. The number of hydrogen-bond donors (Lipinski definition) is 1. The predicted molar refractivity (Wildman–Crippen MR) is 84.0 cm³/mol. The van der Waals surface area contributed by atoms with Gasteiger partial charge < -0.3 is 5.32 Å². The summed E-state index contributed by atoms with van der Waals surface area (Å²) in [5, 5.41) is 3.65. The molecule has 0 saturated carbocycles. The molecule has 0 radical (unpaired) electrons. The van der Waals surface area contributed by atoms with Crippen molar-refractivity contribution >= 4 is 0 Å². The van der Waals surface area contributed by atoms with E-state index in [2.05, 4.69) is 47.8 Å². The van der Waals surface area contributed by atoms with Gasteiger partial charge in [0.15, 0.2) is 0 Å². The lowest BCUT2D eigenvalue weighted by Gasteiger charge is -2.23. The highest BCUT2D eigenvalue weighted by molar-refractivity contribution is 5.76. The Morgan fingerprint density at radius 2 is 1.85 bits per heavy atom. The van der Waals surface area contributed by atoms with Gasteiger partial charge in [0.2, 0.25) is 0 Å². The topological polar surface area (TPSA) is 12.0 Å². The average Bonchev–Trinajstić information content (AvgIpc) is 2.86. The maximum atomic E-state index is 3.65. The standard InChI is InChI=1S/C19H21N/c1-2-7-18-15(5-1)13-16-11-14(8-9-19(16)18)12-17-6-3-4-10-20-17/h1-2,5,7-9,11,17,20H,3-4,6,10,12-13H2. The Balaban J connectivity index is 1.58. The normalized spacial score (nSPS) is 20.5. The van der Waals surface area contributed by atoms with E-state index in [0.717, 1.165) is 6.42 Å². The molecule has 2 aromatic carbocycles. The number of rotatable bonds is 2. The largest absolute Gasteiger partial charge is 0.314 e. The molecule has 0 aromatic heterocycles. The van der Waals surface area contributed by atoms with E-state index in [4.69, 9.17) is 0 Å². The molecule has 1 aliphatic carbocycles. The van der Waals surface area contributed by atoms with Gasteiger partial charge in [-0.25, -0.2) is 0 Å². The van der Waals surface area contributed by atoms with E-state index in [9.17, 15) is 0 Å². The van der Waals surface area contributed by atoms with Crippen LogP contribution in [0.2, 0.25) is 0 Å². The number of piperidine rings is 1. The first-order chi connectivity index (χ1) is 9.90. The molecule has 4 rings (SSSR count). The molecule has 1 unspecified atom stereocenters. The molecule has 1 aliphatic heterocycles. The predicted octanol–water partition coefficient (Wildman–Crippen LogP) is 3.94. The van der Waals surface area contributed by atoms with Crippen molar-refractivity contribution in [2.45, 2.75) is 38.1 Å². The second-order valence-corrected chi connectivity index (χ2v) is 6.18. The van der Waals surface area contributed by atoms with Crippen LogP contribution >= 0.6 is 0 Å². The van der Waals surface area contributed by atoms with Gasteiger partial charge in [-0.1, -0.05) is 48.9 Å². The highest BCUT2D eigenvalue weighted by atomic mass is 14.9. The van der Waals surface area contributed by atoms with Gasteiger partial charge in [-0.2, -0.15) is 0 Å². The molecule has 102 valence electrons. The molecular formula is C19H21N. The van der Waals surface area contributed by atoms with Crippen LogP contribution in [0.4, 0.5) is 0 Å². The van der Waals surface area contributed by atoms with Gasteiger partial charge in [0.1, 0.15) is 0 Å². The number of hydrogen-bond acceptors (Lipinski definition) is 1. The third-order valence-corrected chi connectivity index (χ3v) is 4.75. The van der Waals surface area contributed by atoms with Crippen LogP contribution < -0.4 is 5.32 Å². The summed E-state index contributed by atoms with van der Waals surface area (Å²) in [6, 6.07) is 16.6. The highest BCUT2D eigenvalue weighted by Crippen LogP contribution is 2.36. The Kier molecular flexibility index (Phi) is 3.08. The van der Waals surface area contributed by atoms with Crippen molar-refractivity contribution < 1.29 is 0 Å². The monoisotopic (exact) mass is 263 g/mol. The third kappa shape index (κ3) is 2.16. The van der Waals surface area contributed by atoms with Crippen LogP contribution in [0.25, 0.3) is 11.1 Å². The lowest BCUT2D eigenvalue weighted by atomic mass is 9.95. The Bertz CT molecular complexity index is 623. The summed E-state index contributed by atoms with van der Waals surface area (Å²) in [6.07, 6.45) is 6.35. The molecule has 2 aromatic rings. The molecule has 1 nitrogen and oxygen atoms in total. The zero-order chi connectivity index (χ0) is 13.4. The Morgan fingerprint density at radius 3 is 2.75 bits per heavy atom. The van der Waals surface area contributed by atoms with Crippen LogP contribution in [0.3, 0.4) is 0 Å². The molecular weight excluding hydrogens is 242 g/mol. The maximum absolute atomic E-state index is 3.65. The van der Waals surface area contributed by atoms with Crippen LogP contribution in [-0.4, -0.2) is 12.6 Å². The van der Waals surface area contributed by atoms with E-state index >= 15 is 0 Å². The van der Waals surface area contributed by atoms with Crippen LogP contribution in [0.5, 0.6) is 0 Å². The van der Waals surface area contributed by atoms with Crippen LogP contribution in [0.15, 0.2) is 42.5 Å². The fourth-order valence-corrected chi connectivity index (χ4v) is 3.71. The van der Waals surface area contributed by atoms with Gasteiger partial charge in [-0.3, -0.25) is 0 Å². The van der Waals surface area contributed by atoms with E-state index in [1.807, 2.05) is 0 Å². The molecule has 1 heterocycles. The number of fused-ring (bicyclic) bond motifs is 3. The minimum absolute atomic E-state index is 0.686. The van der Waals surface area contributed by atoms with Gasteiger partial charge in [-0.05, 0) is 60.0 Å². The molecule has 2 aliphatic rings. The molecule has 1 atom stereocenters. The minimum Gasteiger partial charge on any atom is -0.314 e. The first kappa shape index (κ1) is 12.2. The van der Waals surface area contributed by atoms with E-state index in [1.165, 1.54) is 60.0 Å². The first-order valence-corrected chi connectivity index (χ1v) is 7.83. The van der Waals surface area contributed by atoms with Crippen LogP contribution in [0.1, 0.15) is 36.0 Å². The van der Waals surface area contributed by atoms with Crippen molar-refractivity contribution in [1.29, 1.82) is 0 Å². The van der Waals surface area contributed by atoms with Gasteiger partial charge >= 0.3 is 0 Å². The molecule has 1 heteroatoms. The minimum atomic E-state index is 0.686. The Labute approximate surface area is 121 Å². The highest BCUT2D eigenvalue weighted by Gasteiger charge is 2.19. The summed E-state index contributed by atoms with van der Waals surface area (Å²) in [6.45, 7) is 1.20. The second kappa shape index (κ2) is 5.06. The zero-order valence-electron chi connectivity index (χ0n) is 11.9. The van der Waals surface area contributed by atoms with E-state index in [0.29, 0.717) is 6.04 Å². The molecule has 1 fully saturated rings. The fourth-order valence-electron chi connectivity index (χ4n) is 3.71. The van der Waals surface area contributed by atoms with E-state index in [1.54, 1.807) is 0 Å².